The molecular formula is C18H23N3. The van der Waals surface area contributed by atoms with E-state index < -0.39 is 0 Å². The van der Waals surface area contributed by atoms with Gasteiger partial charge in [0.1, 0.15) is 0 Å². The summed E-state index contributed by atoms with van der Waals surface area (Å²) in [4.78, 5) is 0. The largest absolute Gasteiger partial charge is 0.310 e. The SMILES string of the molecule is CC#CCCC(NCCC)c1cnn(-c2ccccc2)c1. The van der Waals surface area contributed by atoms with E-state index in [0.29, 0.717) is 6.04 Å². The van der Waals surface area contributed by atoms with Gasteiger partial charge in [-0.25, -0.2) is 4.68 Å². The molecule has 21 heavy (non-hydrogen) atoms. The zero-order valence-corrected chi connectivity index (χ0v) is 12.8. The molecule has 3 nitrogen and oxygen atoms in total. The highest BCUT2D eigenvalue weighted by Crippen LogP contribution is 2.19. The zero-order valence-electron chi connectivity index (χ0n) is 12.8. The topological polar surface area (TPSA) is 29.9 Å². The van der Waals surface area contributed by atoms with Crippen LogP contribution in [-0.4, -0.2) is 16.3 Å². The Labute approximate surface area is 127 Å². The Hall–Kier alpha value is -2.05. The maximum atomic E-state index is 4.48. The minimum Gasteiger partial charge on any atom is -0.310 e. The second-order valence-corrected chi connectivity index (χ2v) is 5.03. The Morgan fingerprint density at radius 1 is 1.29 bits per heavy atom. The molecule has 0 spiro atoms. The lowest BCUT2D eigenvalue weighted by Gasteiger charge is -2.15. The van der Waals surface area contributed by atoms with E-state index in [9.17, 15) is 0 Å². The van der Waals surface area contributed by atoms with E-state index in [1.165, 1.54) is 5.56 Å². The summed E-state index contributed by atoms with van der Waals surface area (Å²) in [6.45, 7) is 5.09. The highest BCUT2D eigenvalue weighted by molar-refractivity contribution is 5.31. The van der Waals surface area contributed by atoms with Crippen molar-refractivity contribution in [2.45, 2.75) is 39.2 Å². The fraction of sp³-hybridized carbons (Fsp3) is 0.389. The summed E-state index contributed by atoms with van der Waals surface area (Å²) < 4.78 is 1.93. The molecular weight excluding hydrogens is 258 g/mol. The van der Waals surface area contributed by atoms with E-state index in [4.69, 9.17) is 0 Å². The van der Waals surface area contributed by atoms with Gasteiger partial charge in [-0.15, -0.1) is 11.8 Å². The monoisotopic (exact) mass is 281 g/mol. The van der Waals surface area contributed by atoms with Crippen LogP contribution in [0.15, 0.2) is 42.7 Å². The average molecular weight is 281 g/mol. The lowest BCUT2D eigenvalue weighted by atomic mass is 10.1. The molecule has 0 amide bonds. The van der Waals surface area contributed by atoms with E-state index in [1.54, 1.807) is 0 Å². The summed E-state index contributed by atoms with van der Waals surface area (Å²) >= 11 is 0. The molecule has 1 heterocycles. The van der Waals surface area contributed by atoms with Crippen molar-refractivity contribution < 1.29 is 0 Å². The molecule has 0 saturated carbocycles. The van der Waals surface area contributed by atoms with E-state index in [-0.39, 0.29) is 0 Å². The standard InChI is InChI=1S/C18H23N3/c1-3-5-7-12-18(19-13-4-2)16-14-20-21(15-16)17-10-8-6-9-11-17/h6,8-11,14-15,18-19H,4,7,12-13H2,1-2H3. The maximum absolute atomic E-state index is 4.48. The van der Waals surface area contributed by atoms with Crippen molar-refractivity contribution >= 4 is 0 Å². The molecule has 1 atom stereocenters. The second kappa shape index (κ2) is 8.28. The van der Waals surface area contributed by atoms with Crippen molar-refractivity contribution in [2.24, 2.45) is 0 Å². The number of aromatic nitrogens is 2. The molecule has 0 aliphatic rings. The van der Waals surface area contributed by atoms with Gasteiger partial charge in [-0.2, -0.15) is 5.10 Å². The molecule has 1 unspecified atom stereocenters. The van der Waals surface area contributed by atoms with Crippen LogP contribution in [0.3, 0.4) is 0 Å². The van der Waals surface area contributed by atoms with E-state index in [1.807, 2.05) is 36.0 Å². The molecule has 3 heteroatoms. The van der Waals surface area contributed by atoms with Crippen LogP contribution in [0.1, 0.15) is 44.7 Å². The highest BCUT2D eigenvalue weighted by Gasteiger charge is 2.12. The van der Waals surface area contributed by atoms with Crippen LogP contribution in [0.2, 0.25) is 0 Å². The second-order valence-electron chi connectivity index (χ2n) is 5.03. The van der Waals surface area contributed by atoms with Gasteiger partial charge in [-0.05, 0) is 38.4 Å². The molecule has 0 aliphatic heterocycles. The Kier molecular flexibility index (Phi) is 6.05. The van der Waals surface area contributed by atoms with Gasteiger partial charge < -0.3 is 5.32 Å². The summed E-state index contributed by atoms with van der Waals surface area (Å²) in [5.74, 6) is 6.11. The van der Waals surface area contributed by atoms with Crippen LogP contribution < -0.4 is 5.32 Å². The van der Waals surface area contributed by atoms with Crippen LogP contribution in [0.4, 0.5) is 0 Å². The van der Waals surface area contributed by atoms with Gasteiger partial charge in [0, 0.05) is 24.2 Å². The zero-order chi connectivity index (χ0) is 14.9. The molecule has 1 N–H and O–H groups in total. The molecule has 0 fully saturated rings. The number of hydrogen-bond donors (Lipinski definition) is 1. The molecule has 110 valence electrons. The van der Waals surface area contributed by atoms with Crippen molar-refractivity contribution in [1.82, 2.24) is 15.1 Å². The third-order valence-corrected chi connectivity index (χ3v) is 3.40. The van der Waals surface area contributed by atoms with Crippen LogP contribution in [0.25, 0.3) is 5.69 Å². The first-order chi connectivity index (χ1) is 10.3. The molecule has 2 rings (SSSR count). The molecule has 1 aromatic carbocycles. The Balaban J connectivity index is 2.11. The van der Waals surface area contributed by atoms with Gasteiger partial charge in [0.05, 0.1) is 11.9 Å². The molecule has 0 saturated heterocycles. The fourth-order valence-corrected chi connectivity index (χ4v) is 2.29. The van der Waals surface area contributed by atoms with Gasteiger partial charge in [-0.3, -0.25) is 0 Å². The Morgan fingerprint density at radius 3 is 2.81 bits per heavy atom. The van der Waals surface area contributed by atoms with Crippen LogP contribution in [0, 0.1) is 11.8 Å². The maximum Gasteiger partial charge on any atom is 0.0645 e. The molecule has 0 bridgehead atoms. The lowest BCUT2D eigenvalue weighted by molar-refractivity contribution is 0.505. The minimum atomic E-state index is 0.322. The lowest BCUT2D eigenvalue weighted by Crippen LogP contribution is -2.21. The first-order valence-electron chi connectivity index (χ1n) is 7.58. The van der Waals surface area contributed by atoms with Crippen LogP contribution in [-0.2, 0) is 0 Å². The van der Waals surface area contributed by atoms with Crippen LogP contribution >= 0.6 is 0 Å². The van der Waals surface area contributed by atoms with Gasteiger partial charge in [0.2, 0.25) is 0 Å². The van der Waals surface area contributed by atoms with Gasteiger partial charge in [0.15, 0.2) is 0 Å². The number of benzene rings is 1. The van der Waals surface area contributed by atoms with Gasteiger partial charge >= 0.3 is 0 Å². The third kappa shape index (κ3) is 4.47. The fourth-order valence-electron chi connectivity index (χ4n) is 2.29. The number of para-hydroxylation sites is 1. The van der Waals surface area contributed by atoms with Crippen molar-refractivity contribution in [2.75, 3.05) is 6.54 Å². The number of hydrogen-bond acceptors (Lipinski definition) is 2. The predicted octanol–water partition coefficient (Wildman–Crippen LogP) is 3.72. The van der Waals surface area contributed by atoms with Crippen molar-refractivity contribution in [3.63, 3.8) is 0 Å². The van der Waals surface area contributed by atoms with E-state index in [2.05, 4.69) is 47.5 Å². The predicted molar refractivity (Wildman–Crippen MR) is 87.3 cm³/mol. The average Bonchev–Trinajstić information content (AvgIpc) is 3.01. The minimum absolute atomic E-state index is 0.322. The summed E-state index contributed by atoms with van der Waals surface area (Å²) in [5.41, 5.74) is 2.32. The Bertz CT molecular complexity index is 590. The highest BCUT2D eigenvalue weighted by atomic mass is 15.3. The molecule has 2 aromatic rings. The van der Waals surface area contributed by atoms with Crippen molar-refractivity contribution in [1.29, 1.82) is 0 Å². The molecule has 0 radical (unpaired) electrons. The van der Waals surface area contributed by atoms with Crippen molar-refractivity contribution in [3.8, 4) is 17.5 Å². The van der Waals surface area contributed by atoms with Gasteiger partial charge in [0.25, 0.3) is 0 Å². The number of nitrogens with zero attached hydrogens (tertiary/aromatic N) is 2. The third-order valence-electron chi connectivity index (χ3n) is 3.40. The van der Waals surface area contributed by atoms with E-state index in [0.717, 1.165) is 31.5 Å². The normalized spacial score (nSPS) is 11.7. The quantitative estimate of drug-likeness (QED) is 0.784. The summed E-state index contributed by atoms with van der Waals surface area (Å²) in [5, 5.41) is 8.07. The van der Waals surface area contributed by atoms with E-state index >= 15 is 0 Å². The summed E-state index contributed by atoms with van der Waals surface area (Å²) in [6.07, 6.45) is 7.13. The summed E-state index contributed by atoms with van der Waals surface area (Å²) in [6, 6.07) is 10.5. The smallest absolute Gasteiger partial charge is 0.0645 e. The first kappa shape index (κ1) is 15.3. The molecule has 1 aromatic heterocycles. The van der Waals surface area contributed by atoms with Crippen molar-refractivity contribution in [3.05, 3.63) is 48.3 Å². The number of rotatable bonds is 7. The number of nitrogens with one attached hydrogen (secondary N) is 1. The van der Waals surface area contributed by atoms with Gasteiger partial charge in [-0.1, -0.05) is 25.1 Å². The van der Waals surface area contributed by atoms with Crippen LogP contribution in [0.5, 0.6) is 0 Å². The molecule has 0 aliphatic carbocycles. The Morgan fingerprint density at radius 2 is 2.10 bits per heavy atom. The first-order valence-corrected chi connectivity index (χ1v) is 7.58. The summed E-state index contributed by atoms with van der Waals surface area (Å²) in [7, 11) is 0.